The standard InChI is InChI=1S/C15H27B.C7H16/c1-5-13(6-2)12-15(8-4)14(7-3)10-9-11-16;1-3-5-7-6-4-2/h5,12,14H,6-11H2,1-4H3;3-7H2,1-2H3/b13-5-,15-12+;. The second-order valence-corrected chi connectivity index (χ2v) is 6.39. The van der Waals surface area contributed by atoms with Crippen LogP contribution in [0.15, 0.2) is 23.3 Å². The van der Waals surface area contributed by atoms with E-state index >= 15 is 0 Å². The molecule has 1 heteroatoms. The first-order valence-electron chi connectivity index (χ1n) is 10.2. The number of hydrogen-bond donors (Lipinski definition) is 0. The molecule has 0 rings (SSSR count). The summed E-state index contributed by atoms with van der Waals surface area (Å²) in [5.41, 5.74) is 3.06. The minimum absolute atomic E-state index is 0.732. The Kier molecular flexibility index (Phi) is 21.1. The zero-order valence-electron chi connectivity index (χ0n) is 17.1. The Labute approximate surface area is 149 Å². The number of unbranched alkanes of at least 4 members (excludes halogenated alkanes) is 4. The predicted octanol–water partition coefficient (Wildman–Crippen LogP) is 8.05. The number of allylic oxidation sites excluding steroid dienone is 4. The van der Waals surface area contributed by atoms with E-state index in [2.05, 4.69) is 53.7 Å². The SMILES string of the molecule is CCCCCCC.[B]CCCC(CC)/C(=C/C(=C\C)CC)CC. The summed E-state index contributed by atoms with van der Waals surface area (Å²) in [6.45, 7) is 13.4. The van der Waals surface area contributed by atoms with Crippen molar-refractivity contribution < 1.29 is 0 Å². The lowest BCUT2D eigenvalue weighted by Gasteiger charge is -2.18. The summed E-state index contributed by atoms with van der Waals surface area (Å²) in [7, 11) is 5.60. The van der Waals surface area contributed by atoms with Crippen LogP contribution in [0.1, 0.15) is 106 Å². The summed E-state index contributed by atoms with van der Waals surface area (Å²) in [5.74, 6) is 0.732. The number of hydrogen-bond acceptors (Lipinski definition) is 0. The van der Waals surface area contributed by atoms with Gasteiger partial charge in [-0.15, -0.1) is 0 Å². The first-order valence-corrected chi connectivity index (χ1v) is 10.2. The first-order chi connectivity index (χ1) is 11.1. The van der Waals surface area contributed by atoms with Crippen LogP contribution in [0, 0.1) is 5.92 Å². The van der Waals surface area contributed by atoms with Crippen LogP contribution in [-0.4, -0.2) is 7.85 Å². The highest BCUT2D eigenvalue weighted by Crippen LogP contribution is 2.25. The van der Waals surface area contributed by atoms with Crippen LogP contribution in [0.25, 0.3) is 0 Å². The second-order valence-electron chi connectivity index (χ2n) is 6.39. The largest absolute Gasteiger partial charge is 0.0887 e. The molecule has 2 radical (unpaired) electrons. The smallest absolute Gasteiger partial charge is 0.0653 e. The molecular weight excluding hydrogens is 275 g/mol. The van der Waals surface area contributed by atoms with Gasteiger partial charge in [-0.1, -0.05) is 103 Å². The summed E-state index contributed by atoms with van der Waals surface area (Å²) >= 11 is 0. The van der Waals surface area contributed by atoms with Crippen molar-refractivity contribution in [3.8, 4) is 0 Å². The molecule has 23 heavy (non-hydrogen) atoms. The van der Waals surface area contributed by atoms with E-state index in [0.717, 1.165) is 25.1 Å². The molecule has 1 unspecified atom stereocenters. The van der Waals surface area contributed by atoms with Crippen LogP contribution in [0.3, 0.4) is 0 Å². The van der Waals surface area contributed by atoms with E-state index in [1.807, 2.05) is 0 Å². The van der Waals surface area contributed by atoms with Crippen molar-refractivity contribution in [1.82, 2.24) is 0 Å². The van der Waals surface area contributed by atoms with Crippen molar-refractivity contribution in [3.05, 3.63) is 23.3 Å². The molecule has 0 aliphatic rings. The van der Waals surface area contributed by atoms with E-state index in [1.54, 1.807) is 5.57 Å². The lowest BCUT2D eigenvalue weighted by molar-refractivity contribution is 0.521. The van der Waals surface area contributed by atoms with Crippen molar-refractivity contribution in [2.75, 3.05) is 0 Å². The molecule has 134 valence electrons. The molecule has 0 N–H and O–H groups in total. The van der Waals surface area contributed by atoms with Gasteiger partial charge < -0.3 is 0 Å². The third-order valence-electron chi connectivity index (χ3n) is 4.54. The fourth-order valence-corrected chi connectivity index (χ4v) is 2.83. The quantitative estimate of drug-likeness (QED) is 0.194. The van der Waals surface area contributed by atoms with Crippen LogP contribution < -0.4 is 0 Å². The lowest BCUT2D eigenvalue weighted by Crippen LogP contribution is -2.03. The molecule has 0 fully saturated rings. The summed E-state index contributed by atoms with van der Waals surface area (Å²) in [4.78, 5) is 0. The number of rotatable bonds is 12. The molecule has 0 aromatic heterocycles. The van der Waals surface area contributed by atoms with E-state index in [9.17, 15) is 0 Å². The van der Waals surface area contributed by atoms with E-state index in [0.29, 0.717) is 0 Å². The average Bonchev–Trinajstić information content (AvgIpc) is 2.59. The van der Waals surface area contributed by atoms with Gasteiger partial charge in [0.2, 0.25) is 0 Å². The van der Waals surface area contributed by atoms with Gasteiger partial charge in [-0.3, -0.25) is 0 Å². The molecule has 0 heterocycles. The highest BCUT2D eigenvalue weighted by Gasteiger charge is 2.10. The Morgan fingerprint density at radius 2 is 1.48 bits per heavy atom. The normalized spacial score (nSPS) is 13.5. The molecule has 0 saturated carbocycles. The lowest BCUT2D eigenvalue weighted by atomic mass is 9.86. The monoisotopic (exact) mass is 318 g/mol. The van der Waals surface area contributed by atoms with Crippen LogP contribution in [0.4, 0.5) is 0 Å². The molecule has 0 saturated heterocycles. The van der Waals surface area contributed by atoms with Gasteiger partial charge >= 0.3 is 0 Å². The van der Waals surface area contributed by atoms with Gasteiger partial charge in [-0.2, -0.15) is 0 Å². The molecule has 0 aliphatic heterocycles. The molecule has 1 atom stereocenters. The van der Waals surface area contributed by atoms with Crippen molar-refractivity contribution >= 4 is 7.85 Å². The van der Waals surface area contributed by atoms with Crippen LogP contribution in [0.5, 0.6) is 0 Å². The first kappa shape index (κ1) is 24.8. The van der Waals surface area contributed by atoms with Gasteiger partial charge in [0.25, 0.3) is 0 Å². The summed E-state index contributed by atoms with van der Waals surface area (Å²) in [6, 6.07) is 0. The van der Waals surface area contributed by atoms with Gasteiger partial charge in [-0.25, -0.2) is 0 Å². The third-order valence-corrected chi connectivity index (χ3v) is 4.54. The van der Waals surface area contributed by atoms with Gasteiger partial charge in [-0.05, 0) is 38.5 Å². The molecule has 0 spiro atoms. The highest BCUT2D eigenvalue weighted by atomic mass is 14.2. The fraction of sp³-hybridized carbons (Fsp3) is 0.818. The molecule has 0 aromatic carbocycles. The Balaban J connectivity index is 0. The van der Waals surface area contributed by atoms with Gasteiger partial charge in [0, 0.05) is 0 Å². The topological polar surface area (TPSA) is 0 Å². The molecule has 0 amide bonds. The summed E-state index contributed by atoms with van der Waals surface area (Å²) < 4.78 is 0. The van der Waals surface area contributed by atoms with E-state index in [1.165, 1.54) is 56.9 Å². The predicted molar refractivity (Wildman–Crippen MR) is 110 cm³/mol. The van der Waals surface area contributed by atoms with Gasteiger partial charge in [0.1, 0.15) is 0 Å². The van der Waals surface area contributed by atoms with Crippen LogP contribution in [0.2, 0.25) is 6.32 Å². The Bertz CT molecular complexity index is 284. The van der Waals surface area contributed by atoms with E-state index < -0.39 is 0 Å². The molecule has 0 aromatic rings. The fourth-order valence-electron chi connectivity index (χ4n) is 2.83. The zero-order valence-corrected chi connectivity index (χ0v) is 17.1. The zero-order chi connectivity index (χ0) is 17.9. The highest BCUT2D eigenvalue weighted by molar-refractivity contribution is 6.08. The molecule has 0 bridgehead atoms. The van der Waals surface area contributed by atoms with Crippen molar-refractivity contribution in [1.29, 1.82) is 0 Å². The van der Waals surface area contributed by atoms with Crippen LogP contribution in [-0.2, 0) is 0 Å². The Morgan fingerprint density at radius 1 is 0.870 bits per heavy atom. The van der Waals surface area contributed by atoms with Gasteiger partial charge in [0.05, 0.1) is 7.85 Å². The van der Waals surface area contributed by atoms with Gasteiger partial charge in [0.15, 0.2) is 0 Å². The maximum absolute atomic E-state index is 5.60. The molecule has 0 nitrogen and oxygen atoms in total. The van der Waals surface area contributed by atoms with E-state index in [4.69, 9.17) is 7.85 Å². The summed E-state index contributed by atoms with van der Waals surface area (Å²) in [5, 5.41) is 0. The molecular formula is C22H43B. The third kappa shape index (κ3) is 14.8. The second kappa shape index (κ2) is 19.6. The van der Waals surface area contributed by atoms with Crippen molar-refractivity contribution in [2.24, 2.45) is 5.92 Å². The Morgan fingerprint density at radius 3 is 1.83 bits per heavy atom. The van der Waals surface area contributed by atoms with Crippen molar-refractivity contribution in [3.63, 3.8) is 0 Å². The molecule has 0 aliphatic carbocycles. The maximum Gasteiger partial charge on any atom is 0.0653 e. The Hall–Kier alpha value is -0.455. The van der Waals surface area contributed by atoms with Crippen molar-refractivity contribution in [2.45, 2.75) is 112 Å². The summed E-state index contributed by atoms with van der Waals surface area (Å²) in [6.07, 6.45) is 18.4. The van der Waals surface area contributed by atoms with Crippen LogP contribution >= 0.6 is 0 Å². The minimum atomic E-state index is 0.732. The maximum atomic E-state index is 5.60. The van der Waals surface area contributed by atoms with E-state index in [-0.39, 0.29) is 0 Å². The average molecular weight is 318 g/mol. The minimum Gasteiger partial charge on any atom is -0.0887 e.